The third-order valence-electron chi connectivity index (χ3n) is 6.17. The number of ether oxygens (including phenoxy) is 1. The highest BCUT2D eigenvalue weighted by Crippen LogP contribution is 2.21. The van der Waals surface area contributed by atoms with E-state index in [9.17, 15) is 18.0 Å². The van der Waals surface area contributed by atoms with Crippen LogP contribution in [0.25, 0.3) is 0 Å². The number of aromatic nitrogens is 1. The summed E-state index contributed by atoms with van der Waals surface area (Å²) in [4.78, 5) is 33.4. The maximum absolute atomic E-state index is 12.9. The molecule has 4 rings (SSSR count). The molecule has 2 saturated heterocycles. The van der Waals surface area contributed by atoms with Crippen molar-refractivity contribution in [2.75, 3.05) is 57.8 Å². The minimum absolute atomic E-state index is 0.0440. The molecule has 2 aliphatic rings. The zero-order valence-electron chi connectivity index (χ0n) is 19.1. The van der Waals surface area contributed by atoms with Gasteiger partial charge >= 0.3 is 0 Å². The van der Waals surface area contributed by atoms with Crippen molar-refractivity contribution < 1.29 is 22.7 Å². The largest absolute Gasteiger partial charge is 0.379 e. The van der Waals surface area contributed by atoms with Crippen LogP contribution in [0.5, 0.6) is 0 Å². The van der Waals surface area contributed by atoms with E-state index in [0.717, 1.165) is 0 Å². The summed E-state index contributed by atoms with van der Waals surface area (Å²) in [6.07, 6.45) is 3.19. The molecule has 0 aliphatic carbocycles. The van der Waals surface area contributed by atoms with Crippen molar-refractivity contribution in [3.63, 3.8) is 0 Å². The van der Waals surface area contributed by atoms with Gasteiger partial charge in [0.15, 0.2) is 0 Å². The smallest absolute Gasteiger partial charge is 0.254 e. The van der Waals surface area contributed by atoms with Crippen LogP contribution in [0, 0.1) is 0 Å². The predicted octanol–water partition coefficient (Wildman–Crippen LogP) is 0.888. The monoisotopic (exact) mass is 487 g/mol. The van der Waals surface area contributed by atoms with Crippen molar-refractivity contribution in [3.8, 4) is 0 Å². The molecule has 34 heavy (non-hydrogen) atoms. The molecule has 0 spiro atoms. The van der Waals surface area contributed by atoms with E-state index in [2.05, 4.69) is 10.3 Å². The summed E-state index contributed by atoms with van der Waals surface area (Å²) in [5, 5.41) is 2.84. The van der Waals surface area contributed by atoms with Crippen LogP contribution in [0.3, 0.4) is 0 Å². The van der Waals surface area contributed by atoms with Crippen LogP contribution in [0.1, 0.15) is 17.3 Å². The summed E-state index contributed by atoms with van der Waals surface area (Å²) < 4.78 is 32.5. The molecule has 0 radical (unpaired) electrons. The van der Waals surface area contributed by atoms with Gasteiger partial charge in [0.05, 0.1) is 24.2 Å². The van der Waals surface area contributed by atoms with Gasteiger partial charge in [-0.25, -0.2) is 8.42 Å². The minimum atomic E-state index is -3.65. The van der Waals surface area contributed by atoms with Crippen molar-refractivity contribution in [2.45, 2.75) is 17.9 Å². The quantitative estimate of drug-likeness (QED) is 0.644. The summed E-state index contributed by atoms with van der Waals surface area (Å²) in [5.74, 6) is -0.271. The number of carbonyl (C=O) groups excluding carboxylic acids is 2. The number of anilines is 1. The molecule has 2 fully saturated rings. The van der Waals surface area contributed by atoms with E-state index in [1.54, 1.807) is 41.6 Å². The van der Waals surface area contributed by atoms with Crippen molar-refractivity contribution in [2.24, 2.45) is 0 Å². The molecule has 182 valence electrons. The van der Waals surface area contributed by atoms with Gasteiger partial charge < -0.3 is 15.0 Å². The lowest BCUT2D eigenvalue weighted by atomic mass is 10.1. The highest BCUT2D eigenvalue weighted by molar-refractivity contribution is 7.89. The fraction of sp³-hybridized carbons (Fsp3) is 0.435. The Morgan fingerprint density at radius 2 is 1.68 bits per heavy atom. The number of piperazine rings is 1. The summed E-state index contributed by atoms with van der Waals surface area (Å²) in [6, 6.07) is 9.27. The molecule has 1 aromatic heterocycles. The highest BCUT2D eigenvalue weighted by Gasteiger charge is 2.29. The predicted molar refractivity (Wildman–Crippen MR) is 126 cm³/mol. The molecular formula is C23H29N5O5S. The molecule has 2 amide bonds. The molecule has 1 N–H and O–H groups in total. The van der Waals surface area contributed by atoms with Crippen LogP contribution < -0.4 is 5.32 Å². The standard InChI is InChI=1S/C23H29N5O5S/c1-18(26-9-11-27(12-10-26)23(30)19-5-7-24-8-6-19)22(29)25-20-3-2-4-21(17-20)34(31,32)28-13-15-33-16-14-28/h2-8,17-18H,9-16H2,1H3,(H,25,29)/t18-/m0/s1. The number of rotatable bonds is 6. The first-order valence-electron chi connectivity index (χ1n) is 11.3. The number of hydrogen-bond donors (Lipinski definition) is 1. The first-order valence-corrected chi connectivity index (χ1v) is 12.7. The molecule has 2 aliphatic heterocycles. The van der Waals surface area contributed by atoms with Crippen molar-refractivity contribution in [1.29, 1.82) is 0 Å². The summed E-state index contributed by atoms with van der Waals surface area (Å²) in [5.41, 5.74) is 1.03. The van der Waals surface area contributed by atoms with Gasteiger partial charge in [0.25, 0.3) is 5.91 Å². The molecule has 3 heterocycles. The number of hydrogen-bond acceptors (Lipinski definition) is 7. The van der Waals surface area contributed by atoms with Gasteiger partial charge in [-0.15, -0.1) is 0 Å². The summed E-state index contributed by atoms with van der Waals surface area (Å²) in [6.45, 7) is 5.34. The Balaban J connectivity index is 1.34. The van der Waals surface area contributed by atoms with Gasteiger partial charge in [0, 0.05) is 62.9 Å². The van der Waals surface area contributed by atoms with Crippen LogP contribution in [-0.4, -0.2) is 97.8 Å². The molecule has 10 nitrogen and oxygen atoms in total. The summed E-state index contributed by atoms with van der Waals surface area (Å²) in [7, 11) is -3.65. The topological polar surface area (TPSA) is 112 Å². The number of pyridine rings is 1. The third kappa shape index (κ3) is 5.44. The second kappa shape index (κ2) is 10.6. The minimum Gasteiger partial charge on any atom is -0.379 e. The van der Waals surface area contributed by atoms with Crippen LogP contribution in [-0.2, 0) is 19.6 Å². The number of benzene rings is 1. The van der Waals surface area contributed by atoms with Gasteiger partial charge in [-0.1, -0.05) is 6.07 Å². The van der Waals surface area contributed by atoms with E-state index in [4.69, 9.17) is 4.74 Å². The molecule has 0 unspecified atom stereocenters. The third-order valence-corrected chi connectivity index (χ3v) is 8.06. The Bertz CT molecular complexity index is 1110. The molecule has 1 aromatic carbocycles. The average Bonchev–Trinajstić information content (AvgIpc) is 2.89. The SMILES string of the molecule is C[C@@H](C(=O)Nc1cccc(S(=O)(=O)N2CCOCC2)c1)N1CCN(C(=O)c2ccncc2)CC1. The maximum atomic E-state index is 12.9. The normalized spacial score (nSPS) is 18.9. The zero-order chi connectivity index (χ0) is 24.1. The molecule has 11 heteroatoms. The van der Waals surface area contributed by atoms with E-state index in [1.807, 2.05) is 11.8 Å². The number of nitrogens with one attached hydrogen (secondary N) is 1. The lowest BCUT2D eigenvalue weighted by molar-refractivity contribution is -0.121. The van der Waals surface area contributed by atoms with E-state index in [-0.39, 0.29) is 16.7 Å². The Morgan fingerprint density at radius 1 is 1.00 bits per heavy atom. The number of amides is 2. The first-order chi connectivity index (χ1) is 16.4. The second-order valence-electron chi connectivity index (χ2n) is 8.27. The van der Waals surface area contributed by atoms with Crippen LogP contribution in [0.4, 0.5) is 5.69 Å². The molecule has 1 atom stereocenters. The van der Waals surface area contributed by atoms with E-state index >= 15 is 0 Å². The second-order valence-corrected chi connectivity index (χ2v) is 10.2. The van der Waals surface area contributed by atoms with Gasteiger partial charge in [0.1, 0.15) is 0 Å². The average molecular weight is 488 g/mol. The fourth-order valence-electron chi connectivity index (χ4n) is 4.07. The maximum Gasteiger partial charge on any atom is 0.254 e. The Morgan fingerprint density at radius 3 is 2.35 bits per heavy atom. The van der Waals surface area contributed by atoms with Gasteiger partial charge in [-0.3, -0.25) is 19.5 Å². The van der Waals surface area contributed by atoms with Crippen LogP contribution in [0.15, 0.2) is 53.7 Å². The Kier molecular flexibility index (Phi) is 7.57. The van der Waals surface area contributed by atoms with Crippen molar-refractivity contribution >= 4 is 27.5 Å². The van der Waals surface area contributed by atoms with Gasteiger partial charge in [-0.05, 0) is 37.3 Å². The van der Waals surface area contributed by atoms with Gasteiger partial charge in [-0.2, -0.15) is 4.31 Å². The number of morpholine rings is 1. The van der Waals surface area contributed by atoms with Crippen molar-refractivity contribution in [1.82, 2.24) is 19.1 Å². The number of nitrogens with zero attached hydrogens (tertiary/aromatic N) is 4. The van der Waals surface area contributed by atoms with Gasteiger partial charge in [0.2, 0.25) is 15.9 Å². The van der Waals surface area contributed by atoms with Crippen LogP contribution >= 0.6 is 0 Å². The summed E-state index contributed by atoms with van der Waals surface area (Å²) >= 11 is 0. The first kappa shape index (κ1) is 24.3. The Hall–Kier alpha value is -2.86. The molecule has 2 aromatic rings. The zero-order valence-corrected chi connectivity index (χ0v) is 19.9. The Labute approximate surface area is 199 Å². The number of carbonyl (C=O) groups is 2. The fourth-order valence-corrected chi connectivity index (χ4v) is 5.53. The van der Waals surface area contributed by atoms with E-state index in [1.165, 1.54) is 16.4 Å². The van der Waals surface area contributed by atoms with Crippen LogP contribution in [0.2, 0.25) is 0 Å². The van der Waals surface area contributed by atoms with E-state index in [0.29, 0.717) is 63.7 Å². The van der Waals surface area contributed by atoms with E-state index < -0.39 is 16.1 Å². The lowest BCUT2D eigenvalue weighted by Crippen LogP contribution is -2.54. The molecular weight excluding hydrogens is 458 g/mol. The lowest BCUT2D eigenvalue weighted by Gasteiger charge is -2.37. The highest BCUT2D eigenvalue weighted by atomic mass is 32.2. The molecule has 0 bridgehead atoms. The molecule has 0 saturated carbocycles. The number of sulfonamides is 1. The van der Waals surface area contributed by atoms with Crippen molar-refractivity contribution in [3.05, 3.63) is 54.4 Å².